The summed E-state index contributed by atoms with van der Waals surface area (Å²) < 4.78 is 5.77. The van der Waals surface area contributed by atoms with Gasteiger partial charge in [-0.3, -0.25) is 0 Å². The van der Waals surface area contributed by atoms with Crippen molar-refractivity contribution in [1.82, 2.24) is 0 Å². The molecule has 0 bridgehead atoms. The van der Waals surface area contributed by atoms with Gasteiger partial charge >= 0.3 is 0 Å². The minimum atomic E-state index is -0.0776. The summed E-state index contributed by atoms with van der Waals surface area (Å²) in [5.74, 6) is 1.65. The third-order valence-electron chi connectivity index (χ3n) is 2.73. The zero-order valence-corrected chi connectivity index (χ0v) is 8.18. The number of benzene rings is 2. The number of ether oxygens (including phenoxy) is 1. The zero-order valence-electron chi connectivity index (χ0n) is 8.18. The molecule has 0 saturated heterocycles. The lowest BCUT2D eigenvalue weighted by atomic mass is 9.74. The van der Waals surface area contributed by atoms with Crippen LogP contribution in [0.3, 0.4) is 0 Å². The van der Waals surface area contributed by atoms with E-state index in [4.69, 9.17) is 12.6 Å². The van der Waals surface area contributed by atoms with Crippen molar-refractivity contribution < 1.29 is 4.74 Å². The summed E-state index contributed by atoms with van der Waals surface area (Å²) in [5, 5.41) is 0. The predicted molar refractivity (Wildman–Crippen MR) is 60.6 cm³/mol. The molecule has 0 fully saturated rings. The molecule has 0 aromatic heterocycles. The molecule has 0 unspecified atom stereocenters. The monoisotopic (exact) mass is 192 g/mol. The summed E-state index contributed by atoms with van der Waals surface area (Å²) in [4.78, 5) is 0. The zero-order chi connectivity index (χ0) is 10.3. The van der Waals surface area contributed by atoms with Crippen molar-refractivity contribution in [2.24, 2.45) is 0 Å². The Morgan fingerprint density at radius 1 is 0.800 bits per heavy atom. The van der Waals surface area contributed by atoms with Crippen LogP contribution >= 0.6 is 0 Å². The van der Waals surface area contributed by atoms with Gasteiger partial charge in [0, 0.05) is 0 Å². The quantitative estimate of drug-likeness (QED) is 0.583. The van der Waals surface area contributed by atoms with Crippen LogP contribution in [-0.2, 0) is 0 Å². The SMILES string of the molecule is [B]C1c2ccccc2Oc2ccccc21. The third-order valence-corrected chi connectivity index (χ3v) is 2.73. The number of hydrogen-bond acceptors (Lipinski definition) is 1. The van der Waals surface area contributed by atoms with Gasteiger partial charge in [-0.15, -0.1) is 0 Å². The summed E-state index contributed by atoms with van der Waals surface area (Å²) >= 11 is 0. The Morgan fingerprint density at radius 3 is 1.80 bits per heavy atom. The van der Waals surface area contributed by atoms with E-state index in [1.54, 1.807) is 0 Å². The molecular weight excluding hydrogens is 183 g/mol. The predicted octanol–water partition coefficient (Wildman–Crippen LogP) is 3.05. The van der Waals surface area contributed by atoms with Crippen LogP contribution in [0.2, 0.25) is 0 Å². The molecule has 1 aliphatic heterocycles. The van der Waals surface area contributed by atoms with Gasteiger partial charge in [-0.05, 0) is 29.1 Å². The molecule has 2 heteroatoms. The first-order valence-electron chi connectivity index (χ1n) is 4.97. The standard InChI is InChI=1S/C13H9BO/c14-13-9-5-1-3-7-11(9)15-12-8-4-2-6-10(12)13/h1-8,13H. The van der Waals surface area contributed by atoms with Gasteiger partial charge in [0.2, 0.25) is 0 Å². The average Bonchev–Trinajstić information content (AvgIpc) is 2.30. The van der Waals surface area contributed by atoms with Crippen molar-refractivity contribution in [3.8, 4) is 11.5 Å². The highest BCUT2D eigenvalue weighted by atomic mass is 16.5. The smallest absolute Gasteiger partial charge is 0.130 e. The fraction of sp³-hybridized carbons (Fsp3) is 0.0769. The van der Waals surface area contributed by atoms with Gasteiger partial charge in [-0.1, -0.05) is 36.4 Å². The van der Waals surface area contributed by atoms with Crippen LogP contribution in [0, 0.1) is 0 Å². The maximum absolute atomic E-state index is 6.18. The van der Waals surface area contributed by atoms with Crippen molar-refractivity contribution in [2.45, 2.75) is 5.82 Å². The summed E-state index contributed by atoms with van der Waals surface area (Å²) in [6.07, 6.45) is 0. The van der Waals surface area contributed by atoms with Crippen molar-refractivity contribution in [1.29, 1.82) is 0 Å². The fourth-order valence-corrected chi connectivity index (χ4v) is 1.95. The van der Waals surface area contributed by atoms with E-state index < -0.39 is 0 Å². The van der Waals surface area contributed by atoms with Crippen molar-refractivity contribution in [3.63, 3.8) is 0 Å². The van der Waals surface area contributed by atoms with Gasteiger partial charge in [-0.2, -0.15) is 0 Å². The summed E-state index contributed by atoms with van der Waals surface area (Å²) in [6.45, 7) is 0. The molecule has 0 saturated carbocycles. The molecule has 0 amide bonds. The minimum absolute atomic E-state index is 0.0776. The Kier molecular flexibility index (Phi) is 1.81. The third kappa shape index (κ3) is 1.25. The van der Waals surface area contributed by atoms with E-state index in [9.17, 15) is 0 Å². The van der Waals surface area contributed by atoms with Gasteiger partial charge in [0.1, 0.15) is 11.5 Å². The maximum Gasteiger partial charge on any atom is 0.130 e. The van der Waals surface area contributed by atoms with E-state index in [2.05, 4.69) is 0 Å². The number of para-hydroxylation sites is 2. The van der Waals surface area contributed by atoms with Crippen LogP contribution in [0.25, 0.3) is 0 Å². The first-order valence-corrected chi connectivity index (χ1v) is 4.97. The topological polar surface area (TPSA) is 9.23 Å². The summed E-state index contributed by atoms with van der Waals surface area (Å²) in [6, 6.07) is 15.8. The van der Waals surface area contributed by atoms with Crippen molar-refractivity contribution in [2.75, 3.05) is 0 Å². The van der Waals surface area contributed by atoms with E-state index >= 15 is 0 Å². The molecule has 2 aromatic rings. The number of hydrogen-bond donors (Lipinski definition) is 0. The largest absolute Gasteiger partial charge is 0.457 e. The molecule has 3 rings (SSSR count). The lowest BCUT2D eigenvalue weighted by Gasteiger charge is -2.25. The average molecular weight is 192 g/mol. The van der Waals surface area contributed by atoms with E-state index in [0.29, 0.717) is 0 Å². The van der Waals surface area contributed by atoms with E-state index in [1.807, 2.05) is 48.5 Å². The van der Waals surface area contributed by atoms with Crippen LogP contribution in [-0.4, -0.2) is 7.85 Å². The fourth-order valence-electron chi connectivity index (χ4n) is 1.95. The van der Waals surface area contributed by atoms with Gasteiger partial charge in [0.25, 0.3) is 0 Å². The van der Waals surface area contributed by atoms with Crippen LogP contribution in [0.5, 0.6) is 11.5 Å². The molecule has 15 heavy (non-hydrogen) atoms. The Balaban J connectivity index is 2.20. The second-order valence-electron chi connectivity index (χ2n) is 3.66. The molecule has 0 atom stereocenters. The molecule has 1 aliphatic rings. The van der Waals surface area contributed by atoms with Crippen LogP contribution in [0.15, 0.2) is 48.5 Å². The second kappa shape index (κ2) is 3.16. The van der Waals surface area contributed by atoms with Crippen LogP contribution < -0.4 is 4.74 Å². The highest BCUT2D eigenvalue weighted by molar-refractivity contribution is 6.15. The number of rotatable bonds is 0. The van der Waals surface area contributed by atoms with Crippen LogP contribution in [0.1, 0.15) is 16.9 Å². The lowest BCUT2D eigenvalue weighted by Crippen LogP contribution is -2.09. The molecule has 2 aromatic carbocycles. The molecule has 1 nitrogen and oxygen atoms in total. The Hall–Kier alpha value is -1.70. The normalized spacial score (nSPS) is 13.9. The Bertz CT molecular complexity index is 462. The first-order chi connectivity index (χ1) is 7.36. The Morgan fingerprint density at radius 2 is 1.27 bits per heavy atom. The summed E-state index contributed by atoms with van der Waals surface area (Å²) in [7, 11) is 6.18. The molecule has 1 heterocycles. The molecule has 70 valence electrons. The summed E-state index contributed by atoms with van der Waals surface area (Å²) in [5.41, 5.74) is 2.10. The second-order valence-corrected chi connectivity index (χ2v) is 3.66. The van der Waals surface area contributed by atoms with Crippen molar-refractivity contribution >= 4 is 7.85 Å². The number of fused-ring (bicyclic) bond motifs is 2. The molecule has 0 N–H and O–H groups in total. The Labute approximate surface area is 90.1 Å². The molecule has 0 spiro atoms. The minimum Gasteiger partial charge on any atom is -0.457 e. The highest BCUT2D eigenvalue weighted by Gasteiger charge is 2.21. The maximum atomic E-state index is 6.18. The van der Waals surface area contributed by atoms with E-state index in [1.165, 1.54) is 0 Å². The van der Waals surface area contributed by atoms with Gasteiger partial charge in [0.15, 0.2) is 0 Å². The molecule has 2 radical (unpaired) electrons. The van der Waals surface area contributed by atoms with Gasteiger partial charge in [0.05, 0.1) is 7.85 Å². The van der Waals surface area contributed by atoms with Gasteiger partial charge in [-0.25, -0.2) is 0 Å². The van der Waals surface area contributed by atoms with E-state index in [-0.39, 0.29) is 5.82 Å². The first kappa shape index (κ1) is 8.60. The van der Waals surface area contributed by atoms with Gasteiger partial charge < -0.3 is 4.74 Å². The molecular formula is C13H9BO. The highest BCUT2D eigenvalue weighted by Crippen LogP contribution is 2.41. The molecule has 0 aliphatic carbocycles. The lowest BCUT2D eigenvalue weighted by molar-refractivity contribution is 0.458. The van der Waals surface area contributed by atoms with Crippen LogP contribution in [0.4, 0.5) is 0 Å². The van der Waals surface area contributed by atoms with Crippen molar-refractivity contribution in [3.05, 3.63) is 59.7 Å². The van der Waals surface area contributed by atoms with E-state index in [0.717, 1.165) is 22.6 Å².